The highest BCUT2D eigenvalue weighted by atomic mass is 16.2. The average Bonchev–Trinajstić information content (AvgIpc) is 2.88. The Kier molecular flexibility index (Phi) is 4.96. The minimum Gasteiger partial charge on any atom is -0.336 e. The maximum absolute atomic E-state index is 12.1. The maximum Gasteiger partial charge on any atom is 0.246 e. The fourth-order valence-electron chi connectivity index (χ4n) is 2.57. The van der Waals surface area contributed by atoms with Gasteiger partial charge in [0.2, 0.25) is 5.91 Å². The molecule has 0 spiro atoms. The molecule has 2 nitrogen and oxygen atoms in total. The molecule has 1 fully saturated rings. The number of hydrogen-bond donors (Lipinski definition) is 0. The molecule has 1 aromatic rings. The van der Waals surface area contributed by atoms with E-state index in [1.165, 1.54) is 5.56 Å². The van der Waals surface area contributed by atoms with Gasteiger partial charge in [-0.15, -0.1) is 0 Å². The Morgan fingerprint density at radius 2 is 2.11 bits per heavy atom. The topological polar surface area (TPSA) is 20.3 Å². The molecule has 1 aliphatic rings. The van der Waals surface area contributed by atoms with E-state index in [1.807, 2.05) is 36.1 Å². The molecule has 1 unspecified atom stereocenters. The van der Waals surface area contributed by atoms with Gasteiger partial charge in [0, 0.05) is 18.7 Å². The van der Waals surface area contributed by atoms with Crippen LogP contribution in [0, 0.1) is 0 Å². The minimum atomic E-state index is 0.136. The van der Waals surface area contributed by atoms with Crippen LogP contribution in [0.4, 0.5) is 0 Å². The average molecular weight is 255 g/mol. The van der Waals surface area contributed by atoms with E-state index in [-0.39, 0.29) is 5.91 Å². The number of carbonyl (C=O) groups excluding carboxylic acids is 1. The fourth-order valence-corrected chi connectivity index (χ4v) is 2.57. The molecule has 0 bridgehead atoms. The molecule has 1 aliphatic heterocycles. The summed E-state index contributed by atoms with van der Waals surface area (Å²) in [5.74, 6) is 0.136. The number of allylic oxidation sites excluding steroid dienone is 3. The summed E-state index contributed by atoms with van der Waals surface area (Å²) in [6.07, 6.45) is 10.5. The lowest BCUT2D eigenvalue weighted by atomic mass is 10.0. The zero-order valence-electron chi connectivity index (χ0n) is 11.5. The van der Waals surface area contributed by atoms with Gasteiger partial charge in [-0.3, -0.25) is 4.79 Å². The number of amides is 1. The molecule has 1 saturated heterocycles. The van der Waals surface area contributed by atoms with E-state index in [1.54, 1.807) is 6.08 Å². The fraction of sp³-hybridized carbons (Fsp3) is 0.353. The van der Waals surface area contributed by atoms with Crippen molar-refractivity contribution in [2.75, 3.05) is 6.54 Å². The standard InChI is InChI=1S/C17H21NO/c1-2-3-5-12-17(19)18-13-8-11-16(18)14-15-9-6-4-7-10-15/h2-7,9-10,12,16H,8,11,13-14H2,1H3/b3-2+,12-5+. The first kappa shape index (κ1) is 13.6. The summed E-state index contributed by atoms with van der Waals surface area (Å²) in [5, 5.41) is 0. The normalized spacial score (nSPS) is 19.6. The molecule has 100 valence electrons. The van der Waals surface area contributed by atoms with Gasteiger partial charge in [-0.05, 0) is 31.7 Å². The van der Waals surface area contributed by atoms with Crippen LogP contribution in [-0.4, -0.2) is 23.4 Å². The third kappa shape index (κ3) is 3.82. The van der Waals surface area contributed by atoms with Gasteiger partial charge in [-0.2, -0.15) is 0 Å². The van der Waals surface area contributed by atoms with Gasteiger partial charge in [-0.1, -0.05) is 48.6 Å². The first-order valence-electron chi connectivity index (χ1n) is 6.95. The molecule has 0 saturated carbocycles. The molecular weight excluding hydrogens is 234 g/mol. The summed E-state index contributed by atoms with van der Waals surface area (Å²) in [4.78, 5) is 14.1. The van der Waals surface area contributed by atoms with E-state index < -0.39 is 0 Å². The molecule has 1 heterocycles. The Morgan fingerprint density at radius 3 is 2.84 bits per heavy atom. The summed E-state index contributed by atoms with van der Waals surface area (Å²) < 4.78 is 0. The van der Waals surface area contributed by atoms with Gasteiger partial charge in [0.15, 0.2) is 0 Å². The van der Waals surface area contributed by atoms with Crippen LogP contribution in [-0.2, 0) is 11.2 Å². The van der Waals surface area contributed by atoms with E-state index in [0.29, 0.717) is 6.04 Å². The van der Waals surface area contributed by atoms with Crippen LogP contribution in [0.3, 0.4) is 0 Å². The predicted octanol–water partition coefficient (Wildman–Crippen LogP) is 3.35. The Bertz CT molecular complexity index is 461. The Morgan fingerprint density at radius 1 is 1.32 bits per heavy atom. The van der Waals surface area contributed by atoms with Gasteiger partial charge in [0.25, 0.3) is 0 Å². The third-order valence-electron chi connectivity index (χ3n) is 3.52. The van der Waals surface area contributed by atoms with Gasteiger partial charge in [0.1, 0.15) is 0 Å². The molecule has 2 rings (SSSR count). The lowest BCUT2D eigenvalue weighted by Gasteiger charge is -2.23. The van der Waals surface area contributed by atoms with Crippen LogP contribution in [0.25, 0.3) is 0 Å². The molecule has 0 aliphatic carbocycles. The zero-order valence-corrected chi connectivity index (χ0v) is 11.5. The number of rotatable bonds is 4. The predicted molar refractivity (Wildman–Crippen MR) is 78.8 cm³/mol. The molecule has 0 radical (unpaired) electrons. The molecule has 1 amide bonds. The van der Waals surface area contributed by atoms with Crippen molar-refractivity contribution in [3.05, 3.63) is 60.2 Å². The second-order valence-electron chi connectivity index (χ2n) is 4.90. The van der Waals surface area contributed by atoms with Crippen LogP contribution in [0.1, 0.15) is 25.3 Å². The van der Waals surface area contributed by atoms with Crippen LogP contribution in [0.2, 0.25) is 0 Å². The quantitative estimate of drug-likeness (QED) is 0.597. The van der Waals surface area contributed by atoms with Crippen molar-refractivity contribution < 1.29 is 4.79 Å². The molecule has 1 atom stereocenters. The first-order chi connectivity index (χ1) is 9.31. The SMILES string of the molecule is C/C=C/C=C/C(=O)N1CCCC1Cc1ccccc1. The summed E-state index contributed by atoms with van der Waals surface area (Å²) in [6, 6.07) is 10.8. The highest BCUT2D eigenvalue weighted by molar-refractivity contribution is 5.88. The minimum absolute atomic E-state index is 0.136. The van der Waals surface area contributed by atoms with Crippen molar-refractivity contribution in [1.82, 2.24) is 4.90 Å². The second-order valence-corrected chi connectivity index (χ2v) is 4.90. The largest absolute Gasteiger partial charge is 0.336 e. The van der Waals surface area contributed by atoms with E-state index in [4.69, 9.17) is 0 Å². The zero-order chi connectivity index (χ0) is 13.5. The molecule has 1 aromatic carbocycles. The summed E-state index contributed by atoms with van der Waals surface area (Å²) in [7, 11) is 0. The van der Waals surface area contributed by atoms with Crippen molar-refractivity contribution in [2.45, 2.75) is 32.2 Å². The van der Waals surface area contributed by atoms with E-state index in [2.05, 4.69) is 24.3 Å². The molecule has 19 heavy (non-hydrogen) atoms. The van der Waals surface area contributed by atoms with E-state index in [9.17, 15) is 4.79 Å². The summed E-state index contributed by atoms with van der Waals surface area (Å²) in [5.41, 5.74) is 1.31. The summed E-state index contributed by atoms with van der Waals surface area (Å²) in [6.45, 7) is 2.83. The van der Waals surface area contributed by atoms with Crippen LogP contribution in [0.15, 0.2) is 54.6 Å². The highest BCUT2D eigenvalue weighted by Gasteiger charge is 2.27. The van der Waals surface area contributed by atoms with Crippen LogP contribution < -0.4 is 0 Å². The van der Waals surface area contributed by atoms with Crippen molar-refractivity contribution in [1.29, 1.82) is 0 Å². The number of hydrogen-bond acceptors (Lipinski definition) is 1. The van der Waals surface area contributed by atoms with Gasteiger partial charge in [0.05, 0.1) is 0 Å². The van der Waals surface area contributed by atoms with E-state index >= 15 is 0 Å². The van der Waals surface area contributed by atoms with Crippen molar-refractivity contribution in [3.8, 4) is 0 Å². The monoisotopic (exact) mass is 255 g/mol. The first-order valence-corrected chi connectivity index (χ1v) is 6.95. The lowest BCUT2D eigenvalue weighted by Crippen LogP contribution is -2.35. The Labute approximate surface area is 115 Å². The third-order valence-corrected chi connectivity index (χ3v) is 3.52. The molecular formula is C17H21NO. The van der Waals surface area contributed by atoms with Gasteiger partial charge in [-0.25, -0.2) is 0 Å². The number of benzene rings is 1. The molecule has 0 N–H and O–H groups in total. The number of likely N-dealkylation sites (tertiary alicyclic amines) is 1. The Balaban J connectivity index is 1.99. The van der Waals surface area contributed by atoms with Crippen molar-refractivity contribution in [3.63, 3.8) is 0 Å². The lowest BCUT2D eigenvalue weighted by molar-refractivity contribution is -0.126. The number of nitrogens with zero attached hydrogens (tertiary/aromatic N) is 1. The van der Waals surface area contributed by atoms with Gasteiger partial charge < -0.3 is 4.90 Å². The Hall–Kier alpha value is -1.83. The van der Waals surface area contributed by atoms with Crippen molar-refractivity contribution >= 4 is 5.91 Å². The van der Waals surface area contributed by atoms with Crippen molar-refractivity contribution in [2.24, 2.45) is 0 Å². The number of carbonyl (C=O) groups is 1. The summed E-state index contributed by atoms with van der Waals surface area (Å²) >= 11 is 0. The maximum atomic E-state index is 12.1. The smallest absolute Gasteiger partial charge is 0.246 e. The second kappa shape index (κ2) is 6.93. The van der Waals surface area contributed by atoms with Gasteiger partial charge >= 0.3 is 0 Å². The van der Waals surface area contributed by atoms with Crippen LogP contribution >= 0.6 is 0 Å². The van der Waals surface area contributed by atoms with E-state index in [0.717, 1.165) is 25.8 Å². The van der Waals surface area contributed by atoms with Crippen LogP contribution in [0.5, 0.6) is 0 Å². The highest BCUT2D eigenvalue weighted by Crippen LogP contribution is 2.21. The molecule has 2 heteroatoms. The molecule has 0 aromatic heterocycles.